The van der Waals surface area contributed by atoms with E-state index in [2.05, 4.69) is 10.4 Å². The van der Waals surface area contributed by atoms with Crippen molar-refractivity contribution in [2.45, 2.75) is 38.8 Å². The summed E-state index contributed by atoms with van der Waals surface area (Å²) in [5.74, 6) is -0.125. The van der Waals surface area contributed by atoms with Gasteiger partial charge in [0.1, 0.15) is 0 Å². The minimum absolute atomic E-state index is 0.125. The molecule has 0 fully saturated rings. The molecule has 1 aromatic heterocycles. The van der Waals surface area contributed by atoms with Crippen molar-refractivity contribution in [1.82, 2.24) is 15.1 Å². The van der Waals surface area contributed by atoms with E-state index in [0.29, 0.717) is 13.0 Å². The molecule has 1 aromatic carbocycles. The molecule has 2 rings (SSSR count). The second-order valence-electron chi connectivity index (χ2n) is 5.43. The molecule has 1 unspecified atom stereocenters. The van der Waals surface area contributed by atoms with Gasteiger partial charge >= 0.3 is 0 Å². The van der Waals surface area contributed by atoms with Crippen LogP contribution >= 0.6 is 0 Å². The molecule has 21 heavy (non-hydrogen) atoms. The minimum Gasteiger partial charge on any atom is -0.350 e. The Labute approximate surface area is 125 Å². The van der Waals surface area contributed by atoms with Crippen molar-refractivity contribution in [3.8, 4) is 5.69 Å². The maximum absolute atomic E-state index is 12.2. The van der Waals surface area contributed by atoms with Gasteiger partial charge in [-0.05, 0) is 31.0 Å². The quantitative estimate of drug-likeness (QED) is 0.853. The lowest BCUT2D eigenvalue weighted by molar-refractivity contribution is -0.126. The third-order valence-corrected chi connectivity index (χ3v) is 3.47. The number of carbonyl (C=O) groups excluding carboxylic acids is 1. The zero-order valence-corrected chi connectivity index (χ0v) is 12.5. The monoisotopic (exact) mass is 286 g/mol. The number of amides is 1. The summed E-state index contributed by atoms with van der Waals surface area (Å²) in [4.78, 5) is 12.2. The predicted octanol–water partition coefficient (Wildman–Crippen LogP) is 2.01. The van der Waals surface area contributed by atoms with Gasteiger partial charge in [0, 0.05) is 18.9 Å². The highest BCUT2D eigenvalue weighted by Gasteiger charge is 2.26. The maximum Gasteiger partial charge on any atom is 0.240 e. The summed E-state index contributed by atoms with van der Waals surface area (Å²) in [6, 6.07) is 9.72. The van der Waals surface area contributed by atoms with Crippen LogP contribution in [0.5, 0.6) is 0 Å². The lowest BCUT2D eigenvalue weighted by Gasteiger charge is -2.23. The zero-order chi connectivity index (χ0) is 15.3. The molecular formula is C16H22N4O. The molecule has 1 atom stereocenters. The SMILES string of the molecule is CCCC(C)(N)C(=O)NCc1ccccc1-n1cccn1. The first-order chi connectivity index (χ1) is 10.0. The van der Waals surface area contributed by atoms with Crippen LogP contribution in [0.3, 0.4) is 0 Å². The Hall–Kier alpha value is -2.14. The molecular weight excluding hydrogens is 264 g/mol. The topological polar surface area (TPSA) is 72.9 Å². The van der Waals surface area contributed by atoms with Crippen LogP contribution in [0.2, 0.25) is 0 Å². The Balaban J connectivity index is 2.09. The summed E-state index contributed by atoms with van der Waals surface area (Å²) in [7, 11) is 0. The van der Waals surface area contributed by atoms with E-state index in [4.69, 9.17) is 5.73 Å². The molecule has 3 N–H and O–H groups in total. The molecule has 5 nitrogen and oxygen atoms in total. The Kier molecular flexibility index (Phi) is 4.75. The summed E-state index contributed by atoms with van der Waals surface area (Å²) in [5.41, 5.74) is 7.17. The molecule has 112 valence electrons. The molecule has 0 aliphatic carbocycles. The number of benzene rings is 1. The number of hydrogen-bond donors (Lipinski definition) is 2. The first-order valence-corrected chi connectivity index (χ1v) is 7.19. The summed E-state index contributed by atoms with van der Waals surface area (Å²) in [5, 5.41) is 7.15. The van der Waals surface area contributed by atoms with E-state index in [1.54, 1.807) is 17.8 Å². The number of nitrogens with one attached hydrogen (secondary N) is 1. The number of carbonyl (C=O) groups is 1. The van der Waals surface area contributed by atoms with Crippen molar-refractivity contribution in [2.75, 3.05) is 0 Å². The minimum atomic E-state index is -0.824. The highest BCUT2D eigenvalue weighted by molar-refractivity contribution is 5.85. The number of rotatable bonds is 6. The highest BCUT2D eigenvalue weighted by Crippen LogP contribution is 2.14. The van der Waals surface area contributed by atoms with E-state index in [9.17, 15) is 4.79 Å². The van der Waals surface area contributed by atoms with E-state index in [1.165, 1.54) is 0 Å². The van der Waals surface area contributed by atoms with Crippen LogP contribution in [0.4, 0.5) is 0 Å². The van der Waals surface area contributed by atoms with Crippen molar-refractivity contribution < 1.29 is 4.79 Å². The van der Waals surface area contributed by atoms with Crippen LogP contribution in [0, 0.1) is 0 Å². The standard InChI is InChI=1S/C16H22N4O/c1-3-9-16(2,17)15(21)18-12-13-7-4-5-8-14(13)20-11-6-10-19-20/h4-8,10-11H,3,9,12,17H2,1-2H3,(H,18,21). The summed E-state index contributed by atoms with van der Waals surface area (Å²) in [6.45, 7) is 4.22. The molecule has 0 radical (unpaired) electrons. The van der Waals surface area contributed by atoms with Gasteiger partial charge < -0.3 is 11.1 Å². The van der Waals surface area contributed by atoms with Gasteiger partial charge in [-0.3, -0.25) is 4.79 Å². The Morgan fingerprint density at radius 3 is 2.81 bits per heavy atom. The fourth-order valence-electron chi connectivity index (χ4n) is 2.31. The lowest BCUT2D eigenvalue weighted by atomic mass is 9.96. The second-order valence-corrected chi connectivity index (χ2v) is 5.43. The van der Waals surface area contributed by atoms with Gasteiger partial charge in [-0.15, -0.1) is 0 Å². The molecule has 1 amide bonds. The first kappa shape index (κ1) is 15.3. The van der Waals surface area contributed by atoms with E-state index in [-0.39, 0.29) is 5.91 Å². The largest absolute Gasteiger partial charge is 0.350 e. The van der Waals surface area contributed by atoms with Gasteiger partial charge in [-0.25, -0.2) is 4.68 Å². The van der Waals surface area contributed by atoms with Crippen LogP contribution in [0.25, 0.3) is 5.69 Å². The van der Waals surface area contributed by atoms with E-state index in [1.807, 2.05) is 43.5 Å². The van der Waals surface area contributed by atoms with E-state index < -0.39 is 5.54 Å². The van der Waals surface area contributed by atoms with Gasteiger partial charge in [0.05, 0.1) is 11.2 Å². The van der Waals surface area contributed by atoms with Crippen molar-refractivity contribution in [3.63, 3.8) is 0 Å². The summed E-state index contributed by atoms with van der Waals surface area (Å²) >= 11 is 0. The number of para-hydroxylation sites is 1. The molecule has 0 saturated carbocycles. The second kappa shape index (κ2) is 6.54. The van der Waals surface area contributed by atoms with Crippen LogP contribution in [-0.4, -0.2) is 21.2 Å². The molecule has 1 heterocycles. The third kappa shape index (κ3) is 3.70. The van der Waals surface area contributed by atoms with Crippen molar-refractivity contribution in [2.24, 2.45) is 5.73 Å². The Bertz CT molecular complexity index is 590. The molecule has 0 saturated heterocycles. The molecule has 5 heteroatoms. The number of aromatic nitrogens is 2. The van der Waals surface area contributed by atoms with E-state index in [0.717, 1.165) is 17.7 Å². The van der Waals surface area contributed by atoms with Crippen LogP contribution < -0.4 is 11.1 Å². The van der Waals surface area contributed by atoms with Crippen LogP contribution in [-0.2, 0) is 11.3 Å². The van der Waals surface area contributed by atoms with Gasteiger partial charge in [-0.2, -0.15) is 5.10 Å². The lowest BCUT2D eigenvalue weighted by Crippen LogP contribution is -2.51. The van der Waals surface area contributed by atoms with Gasteiger partial charge in [0.25, 0.3) is 0 Å². The Morgan fingerprint density at radius 1 is 1.38 bits per heavy atom. The maximum atomic E-state index is 12.2. The number of hydrogen-bond acceptors (Lipinski definition) is 3. The normalized spacial score (nSPS) is 13.7. The first-order valence-electron chi connectivity index (χ1n) is 7.19. The highest BCUT2D eigenvalue weighted by atomic mass is 16.2. The molecule has 0 aliphatic rings. The summed E-state index contributed by atoms with van der Waals surface area (Å²) in [6.07, 6.45) is 5.16. The molecule has 0 spiro atoms. The molecule has 2 aromatic rings. The van der Waals surface area contributed by atoms with Crippen molar-refractivity contribution >= 4 is 5.91 Å². The number of nitrogens with two attached hydrogens (primary N) is 1. The van der Waals surface area contributed by atoms with Gasteiger partial charge in [0.2, 0.25) is 5.91 Å². The number of nitrogens with zero attached hydrogens (tertiary/aromatic N) is 2. The molecule has 0 aliphatic heterocycles. The zero-order valence-electron chi connectivity index (χ0n) is 12.5. The average Bonchev–Trinajstić information content (AvgIpc) is 2.99. The van der Waals surface area contributed by atoms with Crippen LogP contribution in [0.15, 0.2) is 42.7 Å². The van der Waals surface area contributed by atoms with E-state index >= 15 is 0 Å². The van der Waals surface area contributed by atoms with Crippen molar-refractivity contribution in [1.29, 1.82) is 0 Å². The van der Waals surface area contributed by atoms with Gasteiger partial charge in [-0.1, -0.05) is 31.5 Å². The van der Waals surface area contributed by atoms with Gasteiger partial charge in [0.15, 0.2) is 0 Å². The smallest absolute Gasteiger partial charge is 0.240 e. The Morgan fingerprint density at radius 2 is 2.14 bits per heavy atom. The fraction of sp³-hybridized carbons (Fsp3) is 0.375. The third-order valence-electron chi connectivity index (χ3n) is 3.47. The predicted molar refractivity (Wildman–Crippen MR) is 82.9 cm³/mol. The fourth-order valence-corrected chi connectivity index (χ4v) is 2.31. The summed E-state index contributed by atoms with van der Waals surface area (Å²) < 4.78 is 1.79. The van der Waals surface area contributed by atoms with Crippen LogP contribution in [0.1, 0.15) is 32.3 Å². The average molecular weight is 286 g/mol. The molecule has 0 bridgehead atoms. The van der Waals surface area contributed by atoms with Crippen molar-refractivity contribution in [3.05, 3.63) is 48.3 Å².